The third kappa shape index (κ3) is 3.76. The lowest BCUT2D eigenvalue weighted by Gasteiger charge is -2.41. The van der Waals surface area contributed by atoms with Crippen LogP contribution in [0.25, 0.3) is 0 Å². The number of anilines is 2. The number of nitrogens with zero attached hydrogens (tertiary/aromatic N) is 1. The van der Waals surface area contributed by atoms with Crippen LogP contribution in [0.5, 0.6) is 0 Å². The molecule has 1 saturated carbocycles. The lowest BCUT2D eigenvalue weighted by Crippen LogP contribution is -2.44. The number of benzene rings is 1. The van der Waals surface area contributed by atoms with Gasteiger partial charge in [0, 0.05) is 17.9 Å². The highest BCUT2D eigenvalue weighted by Crippen LogP contribution is 2.35. The third-order valence-corrected chi connectivity index (χ3v) is 4.91. The normalized spacial score (nSPS) is 26.1. The summed E-state index contributed by atoms with van der Waals surface area (Å²) in [5.74, 6) is 1.79. The fourth-order valence-electron chi connectivity index (χ4n) is 3.84. The van der Waals surface area contributed by atoms with Crippen molar-refractivity contribution in [3.63, 3.8) is 0 Å². The van der Waals surface area contributed by atoms with E-state index in [2.05, 4.69) is 10.2 Å². The van der Waals surface area contributed by atoms with Gasteiger partial charge < -0.3 is 11.1 Å². The molecule has 2 unspecified atom stereocenters. The molecule has 0 aromatic heterocycles. The van der Waals surface area contributed by atoms with Crippen molar-refractivity contribution in [2.45, 2.75) is 32.1 Å². The largest absolute Gasteiger partial charge is 0.399 e. The van der Waals surface area contributed by atoms with Crippen LogP contribution in [0.2, 0.25) is 0 Å². The van der Waals surface area contributed by atoms with Crippen LogP contribution in [0, 0.1) is 11.8 Å². The molecule has 3 N–H and O–H groups in total. The first-order valence-electron chi connectivity index (χ1n) is 8.08. The molecule has 114 valence electrons. The monoisotopic (exact) mass is 287 g/mol. The van der Waals surface area contributed by atoms with Crippen molar-refractivity contribution in [1.29, 1.82) is 0 Å². The number of nitrogen functional groups attached to an aromatic ring is 1. The van der Waals surface area contributed by atoms with Crippen molar-refractivity contribution in [2.24, 2.45) is 11.8 Å². The van der Waals surface area contributed by atoms with E-state index in [0.717, 1.165) is 30.6 Å². The number of amides is 1. The van der Waals surface area contributed by atoms with Crippen LogP contribution < -0.4 is 11.1 Å². The first-order valence-corrected chi connectivity index (χ1v) is 8.08. The molecule has 2 fully saturated rings. The Hall–Kier alpha value is -1.55. The van der Waals surface area contributed by atoms with Crippen LogP contribution in [-0.4, -0.2) is 30.4 Å². The van der Waals surface area contributed by atoms with E-state index in [4.69, 9.17) is 5.73 Å². The summed E-state index contributed by atoms with van der Waals surface area (Å²) in [5, 5.41) is 2.94. The van der Waals surface area contributed by atoms with E-state index in [-0.39, 0.29) is 5.91 Å². The SMILES string of the molecule is Nc1cccc(NC(=O)CN2CCC3CCCCC3C2)c1. The first kappa shape index (κ1) is 14.4. The minimum absolute atomic E-state index is 0.0647. The van der Waals surface area contributed by atoms with Gasteiger partial charge in [-0.25, -0.2) is 0 Å². The lowest BCUT2D eigenvalue weighted by atomic mass is 9.75. The minimum atomic E-state index is 0.0647. The molecule has 1 aromatic carbocycles. The fourth-order valence-corrected chi connectivity index (χ4v) is 3.84. The maximum atomic E-state index is 12.2. The van der Waals surface area contributed by atoms with Gasteiger partial charge in [-0.15, -0.1) is 0 Å². The van der Waals surface area contributed by atoms with Crippen molar-refractivity contribution in [3.05, 3.63) is 24.3 Å². The molecule has 4 nitrogen and oxygen atoms in total. The first-order chi connectivity index (χ1) is 10.2. The zero-order chi connectivity index (χ0) is 14.7. The number of fused-ring (bicyclic) bond motifs is 1. The molecule has 4 heteroatoms. The number of hydrogen-bond donors (Lipinski definition) is 2. The summed E-state index contributed by atoms with van der Waals surface area (Å²) in [4.78, 5) is 14.5. The number of piperidine rings is 1. The van der Waals surface area contributed by atoms with Crippen molar-refractivity contribution >= 4 is 17.3 Å². The molecule has 1 aliphatic heterocycles. The molecule has 1 aliphatic carbocycles. The van der Waals surface area contributed by atoms with Gasteiger partial charge >= 0.3 is 0 Å². The quantitative estimate of drug-likeness (QED) is 0.840. The minimum Gasteiger partial charge on any atom is -0.399 e. The van der Waals surface area contributed by atoms with Crippen molar-refractivity contribution in [2.75, 3.05) is 30.7 Å². The predicted octanol–water partition coefficient (Wildman–Crippen LogP) is 2.72. The number of likely N-dealkylation sites (tertiary alicyclic amines) is 1. The van der Waals surface area contributed by atoms with Crippen LogP contribution in [0.4, 0.5) is 11.4 Å². The Bertz CT molecular complexity index is 503. The highest BCUT2D eigenvalue weighted by Gasteiger charge is 2.31. The molecule has 21 heavy (non-hydrogen) atoms. The molecule has 0 bridgehead atoms. The van der Waals surface area contributed by atoms with E-state index in [1.807, 2.05) is 18.2 Å². The Labute approximate surface area is 126 Å². The second kappa shape index (κ2) is 6.48. The van der Waals surface area contributed by atoms with Gasteiger partial charge in [-0.3, -0.25) is 9.69 Å². The maximum absolute atomic E-state index is 12.2. The Morgan fingerprint density at radius 1 is 1.24 bits per heavy atom. The molecule has 0 spiro atoms. The molecular formula is C17H25N3O. The maximum Gasteiger partial charge on any atom is 0.238 e. The molecular weight excluding hydrogens is 262 g/mol. The van der Waals surface area contributed by atoms with Gasteiger partial charge in [0.2, 0.25) is 5.91 Å². The molecule has 2 aliphatic rings. The number of carbonyl (C=O) groups excluding carboxylic acids is 1. The average Bonchev–Trinajstić information content (AvgIpc) is 2.47. The number of nitrogens with one attached hydrogen (secondary N) is 1. The molecule has 3 rings (SSSR count). The summed E-state index contributed by atoms with van der Waals surface area (Å²) in [6.07, 6.45) is 6.77. The van der Waals surface area contributed by atoms with Crippen LogP contribution in [0.1, 0.15) is 32.1 Å². The molecule has 1 heterocycles. The number of carbonyl (C=O) groups is 1. The standard InChI is InChI=1S/C17H25N3O/c18-15-6-3-7-16(10-15)19-17(21)12-20-9-8-13-4-1-2-5-14(13)11-20/h3,6-7,10,13-14H,1-2,4-5,8-9,11-12,18H2,(H,19,21). The van der Waals surface area contributed by atoms with Crippen molar-refractivity contribution in [1.82, 2.24) is 4.90 Å². The molecule has 0 radical (unpaired) electrons. The summed E-state index contributed by atoms with van der Waals surface area (Å²) in [6.45, 7) is 2.65. The van der Waals surface area contributed by atoms with Gasteiger partial charge in [0.1, 0.15) is 0 Å². The Kier molecular flexibility index (Phi) is 4.44. The van der Waals surface area contributed by atoms with E-state index >= 15 is 0 Å². The van der Waals surface area contributed by atoms with Crippen molar-refractivity contribution in [3.8, 4) is 0 Å². The highest BCUT2D eigenvalue weighted by atomic mass is 16.2. The Balaban J connectivity index is 1.51. The summed E-state index contributed by atoms with van der Waals surface area (Å²) >= 11 is 0. The van der Waals surface area contributed by atoms with Crippen LogP contribution >= 0.6 is 0 Å². The van der Waals surface area contributed by atoms with Gasteiger partial charge in [0.15, 0.2) is 0 Å². The van der Waals surface area contributed by atoms with E-state index in [0.29, 0.717) is 12.2 Å². The summed E-state index contributed by atoms with van der Waals surface area (Å²) < 4.78 is 0. The van der Waals surface area contributed by atoms with Gasteiger partial charge in [-0.05, 0) is 49.4 Å². The Morgan fingerprint density at radius 2 is 2.05 bits per heavy atom. The topological polar surface area (TPSA) is 58.4 Å². The molecule has 1 aromatic rings. The van der Waals surface area contributed by atoms with Gasteiger partial charge in [0.05, 0.1) is 6.54 Å². The number of hydrogen-bond acceptors (Lipinski definition) is 3. The van der Waals surface area contributed by atoms with Gasteiger partial charge in [-0.1, -0.05) is 25.3 Å². The van der Waals surface area contributed by atoms with Crippen molar-refractivity contribution < 1.29 is 4.79 Å². The molecule has 1 saturated heterocycles. The summed E-state index contributed by atoms with van der Waals surface area (Å²) in [5.41, 5.74) is 7.19. The smallest absolute Gasteiger partial charge is 0.238 e. The predicted molar refractivity (Wildman–Crippen MR) is 86.0 cm³/mol. The Morgan fingerprint density at radius 3 is 2.86 bits per heavy atom. The third-order valence-electron chi connectivity index (χ3n) is 4.91. The van der Waals surface area contributed by atoms with Crippen LogP contribution in [-0.2, 0) is 4.79 Å². The molecule has 1 amide bonds. The summed E-state index contributed by atoms with van der Waals surface area (Å²) in [6, 6.07) is 7.36. The lowest BCUT2D eigenvalue weighted by molar-refractivity contribution is -0.118. The number of nitrogens with two attached hydrogens (primary N) is 1. The number of rotatable bonds is 3. The van der Waals surface area contributed by atoms with Gasteiger partial charge in [0.25, 0.3) is 0 Å². The van der Waals surface area contributed by atoms with E-state index in [9.17, 15) is 4.79 Å². The average molecular weight is 287 g/mol. The van der Waals surface area contributed by atoms with Crippen LogP contribution in [0.15, 0.2) is 24.3 Å². The van der Waals surface area contributed by atoms with Gasteiger partial charge in [-0.2, -0.15) is 0 Å². The molecule has 2 atom stereocenters. The zero-order valence-electron chi connectivity index (χ0n) is 12.6. The van der Waals surface area contributed by atoms with Crippen LogP contribution in [0.3, 0.4) is 0 Å². The van der Waals surface area contributed by atoms with E-state index in [1.54, 1.807) is 6.07 Å². The second-order valence-corrected chi connectivity index (χ2v) is 6.50. The summed E-state index contributed by atoms with van der Waals surface area (Å²) in [7, 11) is 0. The second-order valence-electron chi connectivity index (χ2n) is 6.50. The van der Waals surface area contributed by atoms with E-state index < -0.39 is 0 Å². The highest BCUT2D eigenvalue weighted by molar-refractivity contribution is 5.92. The van der Waals surface area contributed by atoms with E-state index in [1.165, 1.54) is 32.1 Å². The zero-order valence-corrected chi connectivity index (χ0v) is 12.6. The fraction of sp³-hybridized carbons (Fsp3) is 0.588.